The third kappa shape index (κ3) is 5.30. The third-order valence-corrected chi connectivity index (χ3v) is 3.57. The summed E-state index contributed by atoms with van der Waals surface area (Å²) in [6.07, 6.45) is 0.981. The molecule has 130 valence electrons. The van der Waals surface area contributed by atoms with Crippen LogP contribution in [0.2, 0.25) is 0 Å². The largest absolute Gasteiger partial charge is 0.493 e. The number of anilines is 1. The molecule has 0 unspecified atom stereocenters. The monoisotopic (exact) mass is 441 g/mol. The number of nitrogens with one attached hydrogen (secondary N) is 1. The number of hydrogen-bond donors (Lipinski definition) is 2. The fourth-order valence-corrected chi connectivity index (χ4v) is 2.33. The zero-order chi connectivity index (χ0) is 16.7. The maximum Gasteiger partial charge on any atom is 0.193 e. The first-order valence-corrected chi connectivity index (χ1v) is 7.53. The second kappa shape index (κ2) is 10.0. The minimum atomic E-state index is 0. The lowest BCUT2D eigenvalue weighted by molar-refractivity contribution is 0.355. The highest BCUT2D eigenvalue weighted by molar-refractivity contribution is 14.0. The Bertz CT molecular complexity index is 690. The Morgan fingerprint density at radius 3 is 2.33 bits per heavy atom. The first-order valence-electron chi connectivity index (χ1n) is 7.53. The van der Waals surface area contributed by atoms with Crippen molar-refractivity contribution in [1.82, 2.24) is 0 Å². The molecular formula is C18H24IN3O2. The van der Waals surface area contributed by atoms with E-state index in [1.54, 1.807) is 14.2 Å². The lowest BCUT2D eigenvalue weighted by Crippen LogP contribution is -2.22. The van der Waals surface area contributed by atoms with Crippen LogP contribution in [0.4, 0.5) is 5.69 Å². The Hall–Kier alpha value is -1.96. The fourth-order valence-electron chi connectivity index (χ4n) is 2.33. The number of nitrogens with two attached hydrogens (primary N) is 1. The molecule has 0 radical (unpaired) electrons. The highest BCUT2D eigenvalue weighted by Crippen LogP contribution is 2.29. The normalized spacial score (nSPS) is 10.7. The first kappa shape index (κ1) is 20.1. The number of hydrogen-bond acceptors (Lipinski definition) is 3. The summed E-state index contributed by atoms with van der Waals surface area (Å²) in [4.78, 5) is 4.41. The Labute approximate surface area is 160 Å². The molecule has 0 aliphatic heterocycles. The molecule has 24 heavy (non-hydrogen) atoms. The second-order valence-electron chi connectivity index (χ2n) is 5.02. The molecule has 5 nitrogen and oxygen atoms in total. The summed E-state index contributed by atoms with van der Waals surface area (Å²) in [5.74, 6) is 1.68. The van der Waals surface area contributed by atoms with Crippen LogP contribution in [0.25, 0.3) is 0 Å². The van der Waals surface area contributed by atoms with E-state index in [-0.39, 0.29) is 24.0 Å². The quantitative estimate of drug-likeness (QED) is 0.407. The number of ether oxygens (including phenoxy) is 2. The van der Waals surface area contributed by atoms with E-state index < -0.39 is 0 Å². The van der Waals surface area contributed by atoms with E-state index in [1.165, 1.54) is 11.1 Å². The average molecular weight is 441 g/mol. The molecule has 3 N–H and O–H groups in total. The van der Waals surface area contributed by atoms with Gasteiger partial charge in [0.1, 0.15) is 0 Å². The van der Waals surface area contributed by atoms with Gasteiger partial charge in [0.25, 0.3) is 0 Å². The van der Waals surface area contributed by atoms with Crippen LogP contribution in [0, 0.1) is 0 Å². The van der Waals surface area contributed by atoms with Gasteiger partial charge >= 0.3 is 0 Å². The number of benzene rings is 2. The van der Waals surface area contributed by atoms with E-state index in [1.807, 2.05) is 30.3 Å². The van der Waals surface area contributed by atoms with E-state index in [9.17, 15) is 0 Å². The van der Waals surface area contributed by atoms with Crippen molar-refractivity contribution in [3.63, 3.8) is 0 Å². The molecule has 0 aromatic heterocycles. The topological polar surface area (TPSA) is 68.9 Å². The Kier molecular flexibility index (Phi) is 8.39. The van der Waals surface area contributed by atoms with Crippen LogP contribution in [0.3, 0.4) is 0 Å². The van der Waals surface area contributed by atoms with Crippen LogP contribution in [0.15, 0.2) is 47.5 Å². The van der Waals surface area contributed by atoms with Crippen molar-refractivity contribution in [3.8, 4) is 11.5 Å². The van der Waals surface area contributed by atoms with Gasteiger partial charge in [0, 0.05) is 11.8 Å². The van der Waals surface area contributed by atoms with Gasteiger partial charge in [-0.25, -0.2) is 4.99 Å². The molecule has 2 aromatic rings. The molecule has 0 saturated heterocycles. The fraction of sp³-hybridized carbons (Fsp3) is 0.278. The van der Waals surface area contributed by atoms with Crippen molar-refractivity contribution in [1.29, 1.82) is 0 Å². The zero-order valence-corrected chi connectivity index (χ0v) is 16.5. The molecular weight excluding hydrogens is 417 g/mol. The van der Waals surface area contributed by atoms with Gasteiger partial charge in [0.15, 0.2) is 17.5 Å². The van der Waals surface area contributed by atoms with Gasteiger partial charge in [-0.3, -0.25) is 0 Å². The second-order valence-corrected chi connectivity index (χ2v) is 5.02. The predicted molar refractivity (Wildman–Crippen MR) is 110 cm³/mol. The van der Waals surface area contributed by atoms with Crippen LogP contribution in [0.5, 0.6) is 11.5 Å². The number of methoxy groups -OCH3 is 2. The minimum absolute atomic E-state index is 0. The first-order chi connectivity index (χ1) is 11.2. The van der Waals surface area contributed by atoms with Gasteiger partial charge in [-0.05, 0) is 29.7 Å². The molecule has 6 heteroatoms. The molecule has 0 fully saturated rings. The summed E-state index contributed by atoms with van der Waals surface area (Å²) in [6, 6.07) is 13.7. The van der Waals surface area contributed by atoms with Gasteiger partial charge in [0.05, 0.1) is 20.8 Å². The SMILES string of the molecule is CCc1ccccc1CN=C(N)Nc1ccc(OC)c(OC)c1.I. The Morgan fingerprint density at radius 1 is 1.04 bits per heavy atom. The predicted octanol–water partition coefficient (Wildman–Crippen LogP) is 3.81. The molecule has 2 rings (SSSR count). The Balaban J connectivity index is 0.00000288. The molecule has 0 aliphatic carbocycles. The molecule has 0 heterocycles. The summed E-state index contributed by atoms with van der Waals surface area (Å²) in [5, 5.41) is 3.07. The summed E-state index contributed by atoms with van der Waals surface area (Å²) < 4.78 is 10.5. The van der Waals surface area contributed by atoms with Crippen LogP contribution < -0.4 is 20.5 Å². The summed E-state index contributed by atoms with van der Waals surface area (Å²) >= 11 is 0. The van der Waals surface area contributed by atoms with Crippen LogP contribution >= 0.6 is 24.0 Å². The van der Waals surface area contributed by atoms with Crippen LogP contribution in [-0.4, -0.2) is 20.2 Å². The number of aliphatic imine (C=N–C) groups is 1. The minimum Gasteiger partial charge on any atom is -0.493 e. The molecule has 2 aromatic carbocycles. The van der Waals surface area contributed by atoms with E-state index >= 15 is 0 Å². The van der Waals surface area contributed by atoms with E-state index in [0.29, 0.717) is 24.0 Å². The number of aryl methyl sites for hydroxylation is 1. The van der Waals surface area contributed by atoms with Crippen molar-refractivity contribution in [2.24, 2.45) is 10.7 Å². The average Bonchev–Trinajstić information content (AvgIpc) is 2.60. The molecule has 0 aliphatic rings. The van der Waals surface area contributed by atoms with Crippen molar-refractivity contribution in [2.45, 2.75) is 19.9 Å². The molecule has 0 amide bonds. The molecule has 0 spiro atoms. The van der Waals surface area contributed by atoms with E-state index in [4.69, 9.17) is 15.2 Å². The van der Waals surface area contributed by atoms with E-state index in [2.05, 4.69) is 29.4 Å². The number of rotatable bonds is 6. The summed E-state index contributed by atoms with van der Waals surface area (Å²) in [7, 11) is 3.20. The molecule has 0 saturated carbocycles. The zero-order valence-electron chi connectivity index (χ0n) is 14.2. The van der Waals surface area contributed by atoms with Gasteiger partial charge < -0.3 is 20.5 Å². The maximum absolute atomic E-state index is 5.97. The molecule has 0 atom stereocenters. The molecule has 0 bridgehead atoms. The van der Waals surface area contributed by atoms with Crippen LogP contribution in [0.1, 0.15) is 18.1 Å². The van der Waals surface area contributed by atoms with Crippen molar-refractivity contribution in [2.75, 3.05) is 19.5 Å². The Morgan fingerprint density at radius 2 is 1.71 bits per heavy atom. The van der Waals surface area contributed by atoms with E-state index in [0.717, 1.165) is 12.1 Å². The van der Waals surface area contributed by atoms with Crippen molar-refractivity contribution < 1.29 is 9.47 Å². The number of halogens is 1. The smallest absolute Gasteiger partial charge is 0.193 e. The van der Waals surface area contributed by atoms with Crippen LogP contribution in [-0.2, 0) is 13.0 Å². The number of nitrogens with zero attached hydrogens (tertiary/aromatic N) is 1. The lowest BCUT2D eigenvalue weighted by atomic mass is 10.1. The van der Waals surface area contributed by atoms with Gasteiger partial charge in [-0.15, -0.1) is 24.0 Å². The highest BCUT2D eigenvalue weighted by atomic mass is 127. The van der Waals surface area contributed by atoms with Crippen molar-refractivity contribution in [3.05, 3.63) is 53.6 Å². The standard InChI is InChI=1S/C18H23N3O2.HI/c1-4-13-7-5-6-8-14(13)12-20-18(19)21-15-9-10-16(22-2)17(11-15)23-3;/h5-11H,4,12H2,1-3H3,(H3,19,20,21);1H. The summed E-state index contributed by atoms with van der Waals surface area (Å²) in [5.41, 5.74) is 9.25. The van der Waals surface area contributed by atoms with Gasteiger partial charge in [-0.2, -0.15) is 0 Å². The summed E-state index contributed by atoms with van der Waals surface area (Å²) in [6.45, 7) is 2.68. The van der Waals surface area contributed by atoms with Gasteiger partial charge in [-0.1, -0.05) is 31.2 Å². The highest BCUT2D eigenvalue weighted by Gasteiger charge is 2.05. The van der Waals surface area contributed by atoms with Gasteiger partial charge in [0.2, 0.25) is 0 Å². The maximum atomic E-state index is 5.97. The lowest BCUT2D eigenvalue weighted by Gasteiger charge is -2.11. The third-order valence-electron chi connectivity index (χ3n) is 3.57. The number of guanidine groups is 1. The van der Waals surface area contributed by atoms with Crippen molar-refractivity contribution >= 4 is 35.6 Å².